The molecule has 0 aliphatic rings. The maximum atomic E-state index is 12.3. The zero-order valence-electron chi connectivity index (χ0n) is 16.4. The van der Waals surface area contributed by atoms with Crippen LogP contribution < -0.4 is 4.74 Å². The van der Waals surface area contributed by atoms with E-state index < -0.39 is 15.1 Å². The number of hydrogen-bond acceptors (Lipinski definition) is 5. The van der Waals surface area contributed by atoms with E-state index in [9.17, 15) is 8.42 Å². The molecule has 2 aromatic carbocycles. The van der Waals surface area contributed by atoms with Gasteiger partial charge in [0.25, 0.3) is 0 Å². The average Bonchev–Trinajstić information content (AvgIpc) is 3.17. The van der Waals surface area contributed by atoms with E-state index in [0.29, 0.717) is 16.2 Å². The van der Waals surface area contributed by atoms with Crippen LogP contribution in [0.25, 0.3) is 33.5 Å². The van der Waals surface area contributed by atoms with Gasteiger partial charge in [0.05, 0.1) is 29.1 Å². The van der Waals surface area contributed by atoms with Gasteiger partial charge < -0.3 is 9.72 Å². The molecule has 7 heteroatoms. The molecule has 2 heterocycles. The summed E-state index contributed by atoms with van der Waals surface area (Å²) in [6.07, 6.45) is 3.56. The molecule has 0 aliphatic carbocycles. The zero-order valence-corrected chi connectivity index (χ0v) is 17.2. The van der Waals surface area contributed by atoms with Gasteiger partial charge in [0, 0.05) is 17.3 Å². The lowest BCUT2D eigenvalue weighted by atomic mass is 10.1. The van der Waals surface area contributed by atoms with E-state index >= 15 is 0 Å². The van der Waals surface area contributed by atoms with Crippen molar-refractivity contribution in [1.82, 2.24) is 15.0 Å². The van der Waals surface area contributed by atoms with Crippen LogP contribution >= 0.6 is 0 Å². The van der Waals surface area contributed by atoms with Gasteiger partial charge in [-0.1, -0.05) is 24.3 Å². The highest BCUT2D eigenvalue weighted by Crippen LogP contribution is 2.30. The number of aromatic nitrogens is 3. The van der Waals surface area contributed by atoms with Crippen molar-refractivity contribution in [2.24, 2.45) is 0 Å². The first-order valence-corrected chi connectivity index (χ1v) is 10.8. The van der Waals surface area contributed by atoms with Crippen LogP contribution in [0.4, 0.5) is 0 Å². The van der Waals surface area contributed by atoms with Gasteiger partial charge in [0.15, 0.2) is 15.5 Å². The Morgan fingerprint density at radius 1 is 1.03 bits per heavy atom. The van der Waals surface area contributed by atoms with E-state index in [4.69, 9.17) is 9.72 Å². The maximum Gasteiger partial charge on any atom is 0.180 e. The largest absolute Gasteiger partial charge is 0.497 e. The van der Waals surface area contributed by atoms with E-state index in [1.54, 1.807) is 51.4 Å². The predicted molar refractivity (Wildman–Crippen MR) is 114 cm³/mol. The molecule has 0 unspecified atom stereocenters. The van der Waals surface area contributed by atoms with Crippen molar-refractivity contribution in [3.63, 3.8) is 0 Å². The summed E-state index contributed by atoms with van der Waals surface area (Å²) in [4.78, 5) is 12.7. The number of sulfone groups is 1. The first kappa shape index (κ1) is 19.1. The second-order valence-corrected chi connectivity index (χ2v) is 9.51. The third kappa shape index (κ3) is 3.49. The zero-order chi connectivity index (χ0) is 20.6. The summed E-state index contributed by atoms with van der Waals surface area (Å²) >= 11 is 0. The van der Waals surface area contributed by atoms with E-state index in [1.165, 1.54) is 0 Å². The molecular formula is C22H21N3O3S. The number of ether oxygens (including phenoxy) is 1. The summed E-state index contributed by atoms with van der Waals surface area (Å²) in [5.41, 5.74) is 4.81. The van der Waals surface area contributed by atoms with Gasteiger partial charge in [-0.05, 0) is 43.7 Å². The van der Waals surface area contributed by atoms with Gasteiger partial charge >= 0.3 is 0 Å². The molecule has 4 aromatic rings. The quantitative estimate of drug-likeness (QED) is 0.527. The number of benzene rings is 2. The number of hydrogen-bond donors (Lipinski definition) is 1. The number of nitrogens with zero attached hydrogens (tertiary/aromatic N) is 2. The summed E-state index contributed by atoms with van der Waals surface area (Å²) in [6, 6.07) is 14.5. The molecular weight excluding hydrogens is 386 g/mol. The number of H-pyrrole nitrogens is 1. The molecule has 2 aromatic heterocycles. The normalized spacial score (nSPS) is 11.9. The van der Waals surface area contributed by atoms with Gasteiger partial charge in [-0.15, -0.1) is 0 Å². The van der Waals surface area contributed by atoms with Crippen LogP contribution in [0, 0.1) is 0 Å². The number of nitrogens with one attached hydrogen (secondary N) is 1. The van der Waals surface area contributed by atoms with Crippen LogP contribution in [0.1, 0.15) is 13.8 Å². The summed E-state index contributed by atoms with van der Waals surface area (Å²) in [7, 11) is -1.67. The molecule has 0 aliphatic heterocycles. The van der Waals surface area contributed by atoms with Crippen molar-refractivity contribution in [3.05, 3.63) is 60.9 Å². The molecule has 0 bridgehead atoms. The van der Waals surface area contributed by atoms with Crippen molar-refractivity contribution in [3.8, 4) is 28.1 Å². The van der Waals surface area contributed by atoms with Crippen LogP contribution in [0.2, 0.25) is 0 Å². The minimum atomic E-state index is -3.30. The minimum absolute atomic E-state index is 0.309. The fraction of sp³-hybridized carbons (Fsp3) is 0.182. The molecule has 0 saturated carbocycles. The van der Waals surface area contributed by atoms with Crippen LogP contribution in [-0.4, -0.2) is 35.7 Å². The lowest BCUT2D eigenvalue weighted by molar-refractivity contribution is 0.415. The Kier molecular flexibility index (Phi) is 4.84. The highest BCUT2D eigenvalue weighted by atomic mass is 32.2. The average molecular weight is 407 g/mol. The van der Waals surface area contributed by atoms with Crippen LogP contribution in [0.3, 0.4) is 0 Å². The molecule has 6 nitrogen and oxygen atoms in total. The fourth-order valence-corrected chi connectivity index (χ4v) is 4.19. The van der Waals surface area contributed by atoms with Gasteiger partial charge in [-0.25, -0.2) is 18.4 Å². The SMILES string of the molecule is COc1cccc(-c2c[nH]c3ncc(-c4ccc(S(=O)(=O)C(C)C)cc4)nc23)c1. The Balaban J connectivity index is 1.76. The molecule has 0 atom stereocenters. The second-order valence-electron chi connectivity index (χ2n) is 7.00. The first-order chi connectivity index (χ1) is 13.9. The van der Waals surface area contributed by atoms with Crippen molar-refractivity contribution >= 4 is 21.0 Å². The topological polar surface area (TPSA) is 84.9 Å². The molecule has 0 spiro atoms. The molecule has 29 heavy (non-hydrogen) atoms. The smallest absolute Gasteiger partial charge is 0.180 e. The summed E-state index contributed by atoms with van der Waals surface area (Å²) < 4.78 is 30.0. The monoisotopic (exact) mass is 407 g/mol. The lowest BCUT2D eigenvalue weighted by Crippen LogP contribution is -2.13. The Morgan fingerprint density at radius 3 is 2.48 bits per heavy atom. The number of fused-ring (bicyclic) bond motifs is 1. The van der Waals surface area contributed by atoms with Gasteiger partial charge in [-0.3, -0.25) is 0 Å². The van der Waals surface area contributed by atoms with Gasteiger partial charge in [0.2, 0.25) is 0 Å². The summed E-state index contributed by atoms with van der Waals surface area (Å²) in [6.45, 7) is 3.35. The van der Waals surface area contributed by atoms with Crippen molar-refractivity contribution in [2.45, 2.75) is 24.0 Å². The summed E-state index contributed by atoms with van der Waals surface area (Å²) in [5, 5.41) is -0.463. The molecule has 0 fully saturated rings. The third-order valence-electron chi connectivity index (χ3n) is 4.86. The predicted octanol–water partition coefficient (Wildman–Crippen LogP) is 4.48. The van der Waals surface area contributed by atoms with Crippen LogP contribution in [0.15, 0.2) is 65.8 Å². The highest BCUT2D eigenvalue weighted by Gasteiger charge is 2.19. The third-order valence-corrected chi connectivity index (χ3v) is 7.03. The molecule has 0 amide bonds. The van der Waals surface area contributed by atoms with Crippen molar-refractivity contribution in [2.75, 3.05) is 7.11 Å². The van der Waals surface area contributed by atoms with E-state index in [1.807, 2.05) is 30.5 Å². The minimum Gasteiger partial charge on any atom is -0.497 e. The first-order valence-electron chi connectivity index (χ1n) is 9.23. The van der Waals surface area contributed by atoms with Crippen molar-refractivity contribution in [1.29, 1.82) is 0 Å². The summed E-state index contributed by atoms with van der Waals surface area (Å²) in [5.74, 6) is 0.767. The van der Waals surface area contributed by atoms with Crippen molar-refractivity contribution < 1.29 is 13.2 Å². The Morgan fingerprint density at radius 2 is 1.79 bits per heavy atom. The fourth-order valence-electron chi connectivity index (χ4n) is 3.13. The molecule has 0 saturated heterocycles. The molecule has 148 valence electrons. The molecule has 4 rings (SSSR count). The van der Waals surface area contributed by atoms with E-state index in [0.717, 1.165) is 28.0 Å². The maximum absolute atomic E-state index is 12.3. The van der Waals surface area contributed by atoms with Crippen LogP contribution in [0.5, 0.6) is 5.75 Å². The molecule has 0 radical (unpaired) electrons. The van der Waals surface area contributed by atoms with Gasteiger partial charge in [0.1, 0.15) is 11.3 Å². The van der Waals surface area contributed by atoms with E-state index in [2.05, 4.69) is 9.97 Å². The Labute approximate surface area is 169 Å². The Bertz CT molecular complexity index is 1280. The standard InChI is InChI=1S/C22H21N3O3S/c1-14(2)29(26,27)18-9-7-15(8-10-18)20-13-24-22-21(25-20)19(12-23-22)16-5-4-6-17(11-16)28-3/h4-14H,1-3H3,(H,23,24). The van der Waals surface area contributed by atoms with Gasteiger partial charge in [-0.2, -0.15) is 0 Å². The van der Waals surface area contributed by atoms with E-state index in [-0.39, 0.29) is 0 Å². The number of aromatic amines is 1. The molecule has 1 N–H and O–H groups in total. The number of rotatable bonds is 5. The highest BCUT2D eigenvalue weighted by molar-refractivity contribution is 7.92. The van der Waals surface area contributed by atoms with Crippen LogP contribution in [-0.2, 0) is 9.84 Å². The Hall–Kier alpha value is -3.19. The number of methoxy groups -OCH3 is 1. The second kappa shape index (κ2) is 7.33. The lowest BCUT2D eigenvalue weighted by Gasteiger charge is -2.08.